The molecule has 0 bridgehead atoms. The van der Waals surface area contributed by atoms with Crippen LogP contribution < -0.4 is 0 Å². The molecule has 0 nitrogen and oxygen atoms in total. The number of rotatable bonds is 0. The smallest absolute Gasteiger partial charge is 0.316 e. The largest absolute Gasteiger partial charge is 0.316 e. The zero-order valence-corrected chi connectivity index (χ0v) is 2.45. The first-order valence-electron chi connectivity index (χ1n) is 0. The molecule has 0 N–H and O–H groups in total. The fourth-order valence-corrected chi connectivity index (χ4v) is 0. The van der Waals surface area contributed by atoms with Crippen LogP contribution in [0, 0.1) is 0 Å². The molecule has 0 heterocycles. The molecule has 5 heavy (non-hydrogen) atoms. The molecule has 5 heteroatoms. The minimum Gasteiger partial charge on any atom is 0.316 e. The fraction of sp³-hybridized carbons (Fsp3) is 0. The van der Waals surface area contributed by atoms with Gasteiger partial charge in [-0.25, -0.2) is 0 Å². The second-order valence-electron chi connectivity index (χ2n) is 0. The molecule has 0 aliphatic heterocycles. The van der Waals surface area contributed by atoms with Crippen molar-refractivity contribution >= 4 is 109 Å². The van der Waals surface area contributed by atoms with Crippen molar-refractivity contribution < 1.29 is 0 Å². The third-order valence-electron chi connectivity index (χ3n) is 0. The van der Waals surface area contributed by atoms with E-state index < -0.39 is 0 Å². The molecule has 0 fully saturated rings. The molecule has 0 amide bonds. The third kappa shape index (κ3) is 18.7. The Hall–Kier alpha value is 3.37. The summed E-state index contributed by atoms with van der Waals surface area (Å²) in [5, 5.41) is 0. The van der Waals surface area contributed by atoms with Gasteiger partial charge in [-0.2, -0.15) is 0 Å². The standard InChI is InChI=1S/Ca.2ClH.2Mg.6H/h;2*1H;;;;;;;;. The van der Waals surface area contributed by atoms with Gasteiger partial charge in [-0.15, -0.1) is 24.8 Å². The second-order valence-corrected chi connectivity index (χ2v) is 0. The zero-order valence-electron chi connectivity index (χ0n) is 0.816. The Morgan fingerprint density at radius 2 is 0.600 bits per heavy atom. The van der Waals surface area contributed by atoms with Crippen LogP contribution in [0.4, 0.5) is 0 Å². The van der Waals surface area contributed by atoms with Crippen molar-refractivity contribution in [2.75, 3.05) is 0 Å². The summed E-state index contributed by atoms with van der Waals surface area (Å²) in [4.78, 5) is 0. The first kappa shape index (κ1) is 40.0. The molecule has 0 unspecified atom stereocenters. The number of halogens is 2. The van der Waals surface area contributed by atoms with Crippen LogP contribution in [0.2, 0.25) is 0 Å². The van der Waals surface area contributed by atoms with Crippen LogP contribution in [0.5, 0.6) is 0 Å². The van der Waals surface area contributed by atoms with Gasteiger partial charge in [0, 0.05) is 0 Å². The molecule has 0 saturated heterocycles. The summed E-state index contributed by atoms with van der Waals surface area (Å²) in [6.07, 6.45) is 0. The van der Waals surface area contributed by atoms with E-state index in [9.17, 15) is 0 Å². The van der Waals surface area contributed by atoms with E-state index in [2.05, 4.69) is 0 Å². The van der Waals surface area contributed by atoms with E-state index in [1.54, 1.807) is 0 Å². The molecule has 0 radical (unpaired) electrons. The predicted molar refractivity (Wildman–Crippen MR) is 40.1 cm³/mol. The van der Waals surface area contributed by atoms with Gasteiger partial charge in [0.25, 0.3) is 0 Å². The van der Waals surface area contributed by atoms with E-state index in [-0.39, 0.29) is 109 Å². The summed E-state index contributed by atoms with van der Waals surface area (Å²) in [7, 11) is 0. The molecule has 0 rings (SSSR count). The van der Waals surface area contributed by atoms with E-state index in [1.165, 1.54) is 0 Å². The van der Waals surface area contributed by atoms with Crippen molar-refractivity contribution in [1.29, 1.82) is 0 Å². The molecular weight excluding hydrogens is 160 g/mol. The molecule has 0 aliphatic carbocycles. The first-order valence-corrected chi connectivity index (χ1v) is 0. The summed E-state index contributed by atoms with van der Waals surface area (Å²) in [5.74, 6) is 0. The predicted octanol–water partition coefficient (Wildman–Crippen LogP) is -1.91. The average molecular weight is 168 g/mol. The minimum absolute atomic E-state index is 0. The van der Waals surface area contributed by atoms with Crippen LogP contribution in [-0.4, -0.2) is 83.8 Å². The zero-order chi connectivity index (χ0) is 0. The van der Waals surface area contributed by atoms with Crippen LogP contribution in [0.25, 0.3) is 0 Å². The van der Waals surface area contributed by atoms with Gasteiger partial charge >= 0.3 is 83.8 Å². The summed E-state index contributed by atoms with van der Waals surface area (Å²) < 4.78 is 0. The second kappa shape index (κ2) is 26.3. The fourth-order valence-electron chi connectivity index (χ4n) is 0. The summed E-state index contributed by atoms with van der Waals surface area (Å²) in [6.45, 7) is 0. The molecule has 0 aromatic rings. The van der Waals surface area contributed by atoms with Crippen molar-refractivity contribution in [3.05, 3.63) is 0 Å². The Morgan fingerprint density at radius 3 is 0.600 bits per heavy atom. The monoisotopic (exact) mass is 166 g/mol. The Labute approximate surface area is 106 Å². The van der Waals surface area contributed by atoms with Crippen molar-refractivity contribution in [2.24, 2.45) is 0 Å². The Balaban J connectivity index is 0. The average Bonchev–Trinajstić information content (AvgIpc) is 0. The normalized spacial score (nSPS) is 0. The Morgan fingerprint density at radius 1 is 0.600 bits per heavy atom. The SMILES string of the molecule is Cl.Cl.[CaH2].[MgH2].[MgH2]. The summed E-state index contributed by atoms with van der Waals surface area (Å²) >= 11 is 0. The van der Waals surface area contributed by atoms with Crippen molar-refractivity contribution in [3.63, 3.8) is 0 Å². The summed E-state index contributed by atoms with van der Waals surface area (Å²) in [5.41, 5.74) is 0. The Bertz CT molecular complexity index is 7.61. The van der Waals surface area contributed by atoms with Crippen LogP contribution in [-0.2, 0) is 0 Å². The molecule has 0 aromatic heterocycles. The quantitative estimate of drug-likeness (QED) is 0.370. The van der Waals surface area contributed by atoms with E-state index in [1.807, 2.05) is 0 Å². The molecule has 0 saturated carbocycles. The van der Waals surface area contributed by atoms with Gasteiger partial charge in [-0.1, -0.05) is 0 Å². The van der Waals surface area contributed by atoms with Gasteiger partial charge < -0.3 is 0 Å². The third-order valence-corrected chi connectivity index (χ3v) is 0. The van der Waals surface area contributed by atoms with Gasteiger partial charge in [0.15, 0.2) is 0 Å². The van der Waals surface area contributed by atoms with E-state index in [0.29, 0.717) is 0 Å². The topological polar surface area (TPSA) is 0 Å². The van der Waals surface area contributed by atoms with Crippen LogP contribution in [0.1, 0.15) is 0 Å². The first-order chi connectivity index (χ1) is 0. The number of hydrogen-bond donors (Lipinski definition) is 0. The van der Waals surface area contributed by atoms with Crippen molar-refractivity contribution in [3.8, 4) is 0 Å². The molecule has 0 aromatic carbocycles. The van der Waals surface area contributed by atoms with E-state index >= 15 is 0 Å². The van der Waals surface area contributed by atoms with Gasteiger partial charge in [-0.05, 0) is 0 Å². The van der Waals surface area contributed by atoms with Gasteiger partial charge in [0.1, 0.15) is 0 Å². The van der Waals surface area contributed by atoms with Gasteiger partial charge in [0.2, 0.25) is 0 Å². The molecule has 28 valence electrons. The van der Waals surface area contributed by atoms with Crippen LogP contribution >= 0.6 is 24.8 Å². The maximum Gasteiger partial charge on any atom is 0.316 e. The Kier molecular flexibility index (Phi) is 211. The number of hydrogen-bond acceptors (Lipinski definition) is 0. The van der Waals surface area contributed by atoms with Crippen LogP contribution in [0.3, 0.4) is 0 Å². The van der Waals surface area contributed by atoms with Gasteiger partial charge in [0.05, 0.1) is 0 Å². The van der Waals surface area contributed by atoms with E-state index in [0.717, 1.165) is 0 Å². The molecule has 0 aliphatic rings. The molecule has 0 spiro atoms. The maximum atomic E-state index is 0. The van der Waals surface area contributed by atoms with Crippen LogP contribution in [0.15, 0.2) is 0 Å². The summed E-state index contributed by atoms with van der Waals surface area (Å²) in [6, 6.07) is 0. The van der Waals surface area contributed by atoms with Crippen molar-refractivity contribution in [1.82, 2.24) is 0 Å². The minimum atomic E-state index is 0. The molecular formula is H8CaCl2Mg2. The van der Waals surface area contributed by atoms with E-state index in [4.69, 9.17) is 0 Å². The van der Waals surface area contributed by atoms with Gasteiger partial charge in [-0.3, -0.25) is 0 Å². The molecule has 0 atom stereocenters. The van der Waals surface area contributed by atoms with Crippen molar-refractivity contribution in [2.45, 2.75) is 0 Å². The maximum absolute atomic E-state index is 0.